The number of amides is 1. The highest BCUT2D eigenvalue weighted by molar-refractivity contribution is 5.81. The molecule has 0 radical (unpaired) electrons. The quantitative estimate of drug-likeness (QED) is 0.928. The average Bonchev–Trinajstić information content (AvgIpc) is 2.47. The van der Waals surface area contributed by atoms with Crippen molar-refractivity contribution in [3.8, 4) is 5.75 Å². The van der Waals surface area contributed by atoms with Crippen LogP contribution >= 0.6 is 0 Å². The standard InChI is InChI=1S/C18H26N2O2/c1-12-8-13(2)10-16(9-12)22-14(3)18(21)19-17-11-20-6-4-15(17)5-7-20/h8-10,14-15,17H,4-7,11H2,1-3H3,(H,19,21). The fraction of sp³-hybridized carbons (Fsp3) is 0.611. The molecule has 1 amide bonds. The molecule has 1 aromatic rings. The summed E-state index contributed by atoms with van der Waals surface area (Å²) < 4.78 is 5.83. The molecule has 1 N–H and O–H groups in total. The molecule has 3 saturated heterocycles. The van der Waals surface area contributed by atoms with Gasteiger partial charge in [0, 0.05) is 12.6 Å². The number of nitrogens with one attached hydrogen (secondary N) is 1. The molecule has 0 aliphatic carbocycles. The first kappa shape index (κ1) is 15.3. The van der Waals surface area contributed by atoms with Gasteiger partial charge in [-0.3, -0.25) is 4.79 Å². The number of rotatable bonds is 4. The van der Waals surface area contributed by atoms with Crippen LogP contribution in [0, 0.1) is 19.8 Å². The lowest BCUT2D eigenvalue weighted by Crippen LogP contribution is -2.58. The monoisotopic (exact) mass is 302 g/mol. The molecule has 3 heterocycles. The molecule has 4 nitrogen and oxygen atoms in total. The highest BCUT2D eigenvalue weighted by Gasteiger charge is 2.35. The second-order valence-corrected chi connectivity index (χ2v) is 6.84. The predicted octanol–water partition coefficient (Wildman–Crippen LogP) is 2.28. The molecule has 0 saturated carbocycles. The van der Waals surface area contributed by atoms with Crippen LogP contribution in [-0.4, -0.2) is 42.6 Å². The number of benzene rings is 1. The van der Waals surface area contributed by atoms with Crippen molar-refractivity contribution in [2.45, 2.75) is 45.8 Å². The van der Waals surface area contributed by atoms with Crippen LogP contribution in [0.25, 0.3) is 0 Å². The van der Waals surface area contributed by atoms with Crippen LogP contribution in [0.2, 0.25) is 0 Å². The van der Waals surface area contributed by atoms with Gasteiger partial charge in [-0.2, -0.15) is 0 Å². The van der Waals surface area contributed by atoms with E-state index in [2.05, 4.69) is 16.3 Å². The van der Waals surface area contributed by atoms with Crippen LogP contribution in [0.4, 0.5) is 0 Å². The smallest absolute Gasteiger partial charge is 0.261 e. The summed E-state index contributed by atoms with van der Waals surface area (Å²) in [5.41, 5.74) is 2.31. The van der Waals surface area contributed by atoms with E-state index in [0.717, 1.165) is 23.4 Å². The van der Waals surface area contributed by atoms with Gasteiger partial charge in [0.2, 0.25) is 0 Å². The van der Waals surface area contributed by atoms with Gasteiger partial charge in [-0.15, -0.1) is 0 Å². The second-order valence-electron chi connectivity index (χ2n) is 6.84. The van der Waals surface area contributed by atoms with Gasteiger partial charge in [0.05, 0.1) is 0 Å². The summed E-state index contributed by atoms with van der Waals surface area (Å²) in [5.74, 6) is 1.41. The van der Waals surface area contributed by atoms with Crippen LogP contribution in [-0.2, 0) is 4.79 Å². The average molecular weight is 302 g/mol. The summed E-state index contributed by atoms with van der Waals surface area (Å²) in [5, 5.41) is 3.19. The van der Waals surface area contributed by atoms with E-state index in [0.29, 0.717) is 12.0 Å². The van der Waals surface area contributed by atoms with E-state index in [1.54, 1.807) is 0 Å². The maximum atomic E-state index is 12.4. The summed E-state index contributed by atoms with van der Waals surface area (Å²) in [6.45, 7) is 9.27. The number of aryl methyl sites for hydroxylation is 2. The van der Waals surface area contributed by atoms with Gasteiger partial charge in [-0.1, -0.05) is 6.07 Å². The summed E-state index contributed by atoms with van der Waals surface area (Å²) in [7, 11) is 0. The minimum Gasteiger partial charge on any atom is -0.481 e. The third-order valence-corrected chi connectivity index (χ3v) is 4.86. The van der Waals surface area contributed by atoms with E-state index in [1.165, 1.54) is 25.9 Å². The van der Waals surface area contributed by atoms with Crippen LogP contribution in [0.5, 0.6) is 5.75 Å². The number of hydrogen-bond acceptors (Lipinski definition) is 3. The van der Waals surface area contributed by atoms with Crippen molar-refractivity contribution >= 4 is 5.91 Å². The van der Waals surface area contributed by atoms with E-state index >= 15 is 0 Å². The zero-order chi connectivity index (χ0) is 15.7. The highest BCUT2D eigenvalue weighted by atomic mass is 16.5. The number of fused-ring (bicyclic) bond motifs is 3. The molecule has 2 unspecified atom stereocenters. The van der Waals surface area contributed by atoms with E-state index in [4.69, 9.17) is 4.74 Å². The molecule has 0 spiro atoms. The summed E-state index contributed by atoms with van der Waals surface area (Å²) in [6, 6.07) is 6.35. The summed E-state index contributed by atoms with van der Waals surface area (Å²) >= 11 is 0. The molecule has 120 valence electrons. The SMILES string of the molecule is Cc1cc(C)cc(OC(C)C(=O)NC2CN3CCC2CC3)c1. The van der Waals surface area contributed by atoms with E-state index in [9.17, 15) is 4.79 Å². The number of hydrogen-bond donors (Lipinski definition) is 1. The molecular formula is C18H26N2O2. The Morgan fingerprint density at radius 1 is 1.23 bits per heavy atom. The molecule has 3 aliphatic rings. The molecular weight excluding hydrogens is 276 g/mol. The Hall–Kier alpha value is -1.55. The lowest BCUT2D eigenvalue weighted by atomic mass is 9.84. The number of ether oxygens (including phenoxy) is 1. The predicted molar refractivity (Wildman–Crippen MR) is 87.1 cm³/mol. The van der Waals surface area contributed by atoms with Crippen LogP contribution in [0.15, 0.2) is 18.2 Å². The second kappa shape index (κ2) is 6.29. The topological polar surface area (TPSA) is 41.6 Å². The Labute approximate surface area is 132 Å². The zero-order valence-corrected chi connectivity index (χ0v) is 13.8. The van der Waals surface area contributed by atoms with Gasteiger partial charge in [-0.25, -0.2) is 0 Å². The lowest BCUT2D eigenvalue weighted by Gasteiger charge is -2.45. The van der Waals surface area contributed by atoms with E-state index < -0.39 is 6.10 Å². The van der Waals surface area contributed by atoms with E-state index in [-0.39, 0.29) is 5.91 Å². The fourth-order valence-electron chi connectivity index (χ4n) is 3.69. The maximum absolute atomic E-state index is 12.4. The van der Waals surface area contributed by atoms with Crippen molar-refractivity contribution in [2.24, 2.45) is 5.92 Å². The highest BCUT2D eigenvalue weighted by Crippen LogP contribution is 2.27. The minimum atomic E-state index is -0.461. The first-order chi connectivity index (χ1) is 10.5. The molecule has 4 rings (SSSR count). The normalized spacial score (nSPS) is 28.2. The van der Waals surface area contributed by atoms with Gasteiger partial charge in [0.1, 0.15) is 5.75 Å². The van der Waals surface area contributed by atoms with Gasteiger partial charge in [0.15, 0.2) is 6.10 Å². The summed E-state index contributed by atoms with van der Waals surface area (Å²) in [6.07, 6.45) is 1.95. The molecule has 0 aromatic heterocycles. The van der Waals surface area contributed by atoms with Crippen LogP contribution in [0.1, 0.15) is 30.9 Å². The maximum Gasteiger partial charge on any atom is 0.261 e. The minimum absolute atomic E-state index is 0.00194. The number of carbonyl (C=O) groups is 1. The molecule has 1 aromatic carbocycles. The van der Waals surface area contributed by atoms with Gasteiger partial charge in [0.25, 0.3) is 5.91 Å². The van der Waals surface area contributed by atoms with Crippen LogP contribution < -0.4 is 10.1 Å². The third kappa shape index (κ3) is 3.43. The Morgan fingerprint density at radius 3 is 2.41 bits per heavy atom. The number of carbonyl (C=O) groups excluding carboxylic acids is 1. The van der Waals surface area contributed by atoms with Gasteiger partial charge >= 0.3 is 0 Å². The third-order valence-electron chi connectivity index (χ3n) is 4.86. The Balaban J connectivity index is 1.57. The number of nitrogens with zero attached hydrogens (tertiary/aromatic N) is 1. The number of piperidine rings is 3. The van der Waals surface area contributed by atoms with E-state index in [1.807, 2.05) is 32.9 Å². The molecule has 3 aliphatic heterocycles. The molecule has 2 atom stereocenters. The molecule has 4 heteroatoms. The first-order valence-electron chi connectivity index (χ1n) is 8.29. The molecule has 2 bridgehead atoms. The Bertz CT molecular complexity index is 530. The fourth-order valence-corrected chi connectivity index (χ4v) is 3.69. The van der Waals surface area contributed by atoms with Crippen molar-refractivity contribution in [1.29, 1.82) is 0 Å². The van der Waals surface area contributed by atoms with Crippen molar-refractivity contribution in [2.75, 3.05) is 19.6 Å². The Morgan fingerprint density at radius 2 is 1.86 bits per heavy atom. The lowest BCUT2D eigenvalue weighted by molar-refractivity contribution is -0.129. The van der Waals surface area contributed by atoms with Gasteiger partial charge in [-0.05, 0) is 75.9 Å². The van der Waals surface area contributed by atoms with Crippen molar-refractivity contribution in [3.63, 3.8) is 0 Å². The Kier molecular flexibility index (Phi) is 4.39. The zero-order valence-electron chi connectivity index (χ0n) is 13.8. The van der Waals surface area contributed by atoms with Gasteiger partial charge < -0.3 is 15.0 Å². The van der Waals surface area contributed by atoms with Crippen molar-refractivity contribution < 1.29 is 9.53 Å². The van der Waals surface area contributed by atoms with Crippen molar-refractivity contribution in [3.05, 3.63) is 29.3 Å². The first-order valence-corrected chi connectivity index (χ1v) is 8.29. The molecule has 3 fully saturated rings. The summed E-state index contributed by atoms with van der Waals surface area (Å²) in [4.78, 5) is 14.9. The largest absolute Gasteiger partial charge is 0.481 e. The van der Waals surface area contributed by atoms with Crippen molar-refractivity contribution in [1.82, 2.24) is 10.2 Å². The molecule has 22 heavy (non-hydrogen) atoms. The van der Waals surface area contributed by atoms with Crippen LogP contribution in [0.3, 0.4) is 0 Å².